The molecule has 1 aromatic rings. The number of urea groups is 1. The van der Waals surface area contributed by atoms with Crippen molar-refractivity contribution in [2.24, 2.45) is 10.9 Å². The van der Waals surface area contributed by atoms with Gasteiger partial charge in [-0.05, 0) is 17.9 Å². The van der Waals surface area contributed by atoms with Crippen LogP contribution >= 0.6 is 11.8 Å². The summed E-state index contributed by atoms with van der Waals surface area (Å²) in [6, 6.07) is 9.38. The van der Waals surface area contributed by atoms with Gasteiger partial charge in [-0.15, -0.1) is 0 Å². The molecule has 25 heavy (non-hydrogen) atoms. The molecule has 1 aromatic carbocycles. The molecule has 6 nitrogen and oxygen atoms in total. The Morgan fingerprint density at radius 1 is 1.24 bits per heavy atom. The number of benzene rings is 1. The van der Waals surface area contributed by atoms with E-state index in [1.807, 2.05) is 18.2 Å². The summed E-state index contributed by atoms with van der Waals surface area (Å²) in [5.41, 5.74) is 1.21. The topological polar surface area (TPSA) is 65.0 Å². The number of aliphatic imine (C=N–C) groups is 1. The maximum absolute atomic E-state index is 12.4. The number of imide groups is 1. The summed E-state index contributed by atoms with van der Waals surface area (Å²) in [6.07, 6.45) is 0.533. The predicted octanol–water partition coefficient (Wildman–Crippen LogP) is 2.51. The van der Waals surface area contributed by atoms with Gasteiger partial charge in [0.1, 0.15) is 0 Å². The largest absolute Gasteiger partial charge is 0.336 e. The number of hydrogen-bond donors (Lipinski definition) is 1. The first kappa shape index (κ1) is 17.8. The van der Waals surface area contributed by atoms with Crippen LogP contribution in [0.5, 0.6) is 0 Å². The first-order valence-electron chi connectivity index (χ1n) is 8.56. The third-order valence-corrected chi connectivity index (χ3v) is 5.56. The lowest BCUT2D eigenvalue weighted by Gasteiger charge is -2.36. The number of amidine groups is 1. The molecule has 0 aromatic heterocycles. The Bertz CT molecular complexity index is 677. The normalized spacial score (nSPS) is 23.0. The number of nitrogens with zero attached hydrogens (tertiary/aromatic N) is 3. The Morgan fingerprint density at radius 3 is 2.64 bits per heavy atom. The molecule has 134 valence electrons. The summed E-state index contributed by atoms with van der Waals surface area (Å²) < 4.78 is 0. The molecular weight excluding hydrogens is 336 g/mol. The van der Waals surface area contributed by atoms with Gasteiger partial charge in [0, 0.05) is 19.3 Å². The molecule has 0 radical (unpaired) electrons. The second-order valence-corrected chi connectivity index (χ2v) is 7.77. The zero-order chi connectivity index (χ0) is 18.0. The zero-order valence-electron chi connectivity index (χ0n) is 14.8. The van der Waals surface area contributed by atoms with Gasteiger partial charge in [0.2, 0.25) is 0 Å². The number of carbonyl (C=O) groups excluding carboxylic acids is 2. The number of rotatable bonds is 5. The molecule has 2 unspecified atom stereocenters. The van der Waals surface area contributed by atoms with E-state index >= 15 is 0 Å². The average Bonchev–Trinajstić information content (AvgIpc) is 2.96. The van der Waals surface area contributed by atoms with Crippen molar-refractivity contribution in [2.45, 2.75) is 38.2 Å². The van der Waals surface area contributed by atoms with Gasteiger partial charge in [0.05, 0.1) is 0 Å². The SMILES string of the molecule is CC(C)CCN1C(SCc2ccccc2)=NC2C1C(=O)NC(=O)N2C. The monoisotopic (exact) mass is 360 g/mol. The molecule has 0 bridgehead atoms. The van der Waals surface area contributed by atoms with Crippen LogP contribution in [0.3, 0.4) is 0 Å². The van der Waals surface area contributed by atoms with Crippen molar-refractivity contribution in [1.29, 1.82) is 0 Å². The Kier molecular flexibility index (Phi) is 5.32. The first-order chi connectivity index (χ1) is 12.0. The number of hydrogen-bond acceptors (Lipinski definition) is 5. The third-order valence-electron chi connectivity index (χ3n) is 4.48. The third kappa shape index (κ3) is 3.81. The standard InChI is InChI=1S/C18H24N4O2S/c1-12(2)9-10-22-14-15(21(3)17(24)20-16(14)23)19-18(22)25-11-13-7-5-4-6-8-13/h4-8,12,14-15H,9-11H2,1-3H3,(H,20,23,24). The van der Waals surface area contributed by atoms with E-state index in [-0.39, 0.29) is 11.9 Å². The number of amides is 3. The van der Waals surface area contributed by atoms with E-state index in [9.17, 15) is 9.59 Å². The molecule has 2 aliphatic heterocycles. The van der Waals surface area contributed by atoms with Gasteiger partial charge in [0.15, 0.2) is 17.4 Å². The van der Waals surface area contributed by atoms with Crippen molar-refractivity contribution >= 4 is 28.9 Å². The van der Waals surface area contributed by atoms with Crippen molar-refractivity contribution < 1.29 is 9.59 Å². The second-order valence-electron chi connectivity index (χ2n) is 6.83. The van der Waals surface area contributed by atoms with Gasteiger partial charge >= 0.3 is 6.03 Å². The smallest absolute Gasteiger partial charge is 0.325 e. The maximum Gasteiger partial charge on any atom is 0.325 e. The van der Waals surface area contributed by atoms with Gasteiger partial charge < -0.3 is 9.80 Å². The Morgan fingerprint density at radius 2 is 1.96 bits per heavy atom. The van der Waals surface area contributed by atoms with Gasteiger partial charge in [0.25, 0.3) is 5.91 Å². The van der Waals surface area contributed by atoms with Crippen molar-refractivity contribution in [2.75, 3.05) is 13.6 Å². The zero-order valence-corrected chi connectivity index (χ0v) is 15.6. The van der Waals surface area contributed by atoms with E-state index in [2.05, 4.69) is 36.2 Å². The number of carbonyl (C=O) groups is 2. The van der Waals surface area contributed by atoms with E-state index < -0.39 is 12.2 Å². The molecule has 3 amide bonds. The fourth-order valence-corrected chi connectivity index (χ4v) is 4.02. The van der Waals surface area contributed by atoms with Crippen molar-refractivity contribution in [1.82, 2.24) is 15.1 Å². The average molecular weight is 360 g/mol. The second kappa shape index (κ2) is 7.47. The Balaban J connectivity index is 1.79. The summed E-state index contributed by atoms with van der Waals surface area (Å²) in [5.74, 6) is 1.07. The van der Waals surface area contributed by atoms with Gasteiger partial charge in [-0.25, -0.2) is 9.79 Å². The highest BCUT2D eigenvalue weighted by Gasteiger charge is 2.48. The van der Waals surface area contributed by atoms with Crippen molar-refractivity contribution in [3.63, 3.8) is 0 Å². The molecule has 1 N–H and O–H groups in total. The summed E-state index contributed by atoms with van der Waals surface area (Å²) in [7, 11) is 1.69. The van der Waals surface area contributed by atoms with E-state index in [1.54, 1.807) is 18.8 Å². The van der Waals surface area contributed by atoms with E-state index in [0.717, 1.165) is 23.9 Å². The summed E-state index contributed by atoms with van der Waals surface area (Å²) in [6.45, 7) is 5.09. The van der Waals surface area contributed by atoms with Crippen LogP contribution in [-0.2, 0) is 10.5 Å². The molecular formula is C18H24N4O2S. The van der Waals surface area contributed by atoms with E-state index in [4.69, 9.17) is 4.99 Å². The van der Waals surface area contributed by atoms with Crippen LogP contribution in [0, 0.1) is 5.92 Å². The number of thioether (sulfide) groups is 1. The van der Waals surface area contributed by atoms with Crippen LogP contribution in [0.4, 0.5) is 4.79 Å². The highest BCUT2D eigenvalue weighted by atomic mass is 32.2. The molecule has 3 rings (SSSR count). The molecule has 1 fully saturated rings. The van der Waals surface area contributed by atoms with Crippen LogP contribution in [-0.4, -0.2) is 52.7 Å². The molecule has 0 saturated carbocycles. The van der Waals surface area contributed by atoms with Gasteiger partial charge in [-0.2, -0.15) is 0 Å². The lowest BCUT2D eigenvalue weighted by molar-refractivity contribution is -0.127. The number of likely N-dealkylation sites (N-methyl/N-ethyl adjacent to an activating group) is 1. The minimum Gasteiger partial charge on any atom is -0.336 e. The highest BCUT2D eigenvalue weighted by molar-refractivity contribution is 8.13. The minimum atomic E-state index is -0.438. The molecule has 7 heteroatoms. The predicted molar refractivity (Wildman–Crippen MR) is 100 cm³/mol. The molecule has 2 atom stereocenters. The lowest BCUT2D eigenvalue weighted by atomic mass is 10.1. The van der Waals surface area contributed by atoms with Gasteiger partial charge in [-0.1, -0.05) is 55.9 Å². The Hall–Kier alpha value is -2.02. The maximum atomic E-state index is 12.4. The van der Waals surface area contributed by atoms with Gasteiger partial charge in [-0.3, -0.25) is 10.1 Å². The lowest BCUT2D eigenvalue weighted by Crippen LogP contribution is -2.63. The molecule has 2 aliphatic rings. The molecule has 1 saturated heterocycles. The summed E-state index contributed by atoms with van der Waals surface area (Å²) >= 11 is 1.63. The molecule has 0 spiro atoms. The Labute approximate surface area is 152 Å². The van der Waals surface area contributed by atoms with Crippen LogP contribution in [0.15, 0.2) is 35.3 Å². The summed E-state index contributed by atoms with van der Waals surface area (Å²) in [4.78, 5) is 32.6. The molecule has 2 heterocycles. The molecule has 0 aliphatic carbocycles. The van der Waals surface area contributed by atoms with E-state index in [1.165, 1.54) is 10.5 Å². The number of fused-ring (bicyclic) bond motifs is 1. The first-order valence-corrected chi connectivity index (χ1v) is 9.54. The fraction of sp³-hybridized carbons (Fsp3) is 0.500. The summed E-state index contributed by atoms with van der Waals surface area (Å²) in [5, 5.41) is 3.28. The highest BCUT2D eigenvalue weighted by Crippen LogP contribution is 2.30. The van der Waals surface area contributed by atoms with Crippen LogP contribution < -0.4 is 5.32 Å². The van der Waals surface area contributed by atoms with Crippen LogP contribution in [0.2, 0.25) is 0 Å². The number of nitrogens with one attached hydrogen (secondary N) is 1. The van der Waals surface area contributed by atoms with Crippen LogP contribution in [0.25, 0.3) is 0 Å². The minimum absolute atomic E-state index is 0.254. The van der Waals surface area contributed by atoms with Crippen molar-refractivity contribution in [3.8, 4) is 0 Å². The fourth-order valence-electron chi connectivity index (χ4n) is 2.98. The van der Waals surface area contributed by atoms with Crippen LogP contribution in [0.1, 0.15) is 25.8 Å². The quantitative estimate of drug-likeness (QED) is 0.876. The van der Waals surface area contributed by atoms with E-state index in [0.29, 0.717) is 5.92 Å². The van der Waals surface area contributed by atoms with Crippen molar-refractivity contribution in [3.05, 3.63) is 35.9 Å².